The van der Waals surface area contributed by atoms with E-state index in [2.05, 4.69) is 35.8 Å². The highest BCUT2D eigenvalue weighted by Crippen LogP contribution is 2.15. The molecule has 110 valence electrons. The number of piperazine rings is 1. The summed E-state index contributed by atoms with van der Waals surface area (Å²) in [6, 6.07) is 8.91. The standard InChI is InChI=1S/C16H25N3S/c1-3-13(2)19-10-8-18(9-11-19)12-14-6-4-5-7-15(14)16(17)20/h4-7,13H,3,8-12H2,1-2H3,(H2,17,20). The minimum Gasteiger partial charge on any atom is -0.389 e. The zero-order chi connectivity index (χ0) is 14.5. The molecule has 1 aromatic carbocycles. The van der Waals surface area contributed by atoms with E-state index in [0.717, 1.165) is 38.3 Å². The second kappa shape index (κ2) is 7.16. The van der Waals surface area contributed by atoms with Crippen LogP contribution in [0.4, 0.5) is 0 Å². The number of benzene rings is 1. The molecule has 4 heteroatoms. The Bertz CT molecular complexity index is 453. The average molecular weight is 291 g/mol. The molecule has 3 nitrogen and oxygen atoms in total. The fourth-order valence-corrected chi connectivity index (χ4v) is 2.96. The van der Waals surface area contributed by atoms with Crippen LogP contribution >= 0.6 is 12.2 Å². The highest BCUT2D eigenvalue weighted by Gasteiger charge is 2.20. The number of nitrogens with zero attached hydrogens (tertiary/aromatic N) is 2. The summed E-state index contributed by atoms with van der Waals surface area (Å²) in [4.78, 5) is 5.57. The van der Waals surface area contributed by atoms with Crippen molar-refractivity contribution in [3.05, 3.63) is 35.4 Å². The second-order valence-corrected chi connectivity index (χ2v) is 6.03. The van der Waals surface area contributed by atoms with Crippen LogP contribution in [-0.2, 0) is 6.54 Å². The van der Waals surface area contributed by atoms with E-state index in [1.165, 1.54) is 12.0 Å². The molecule has 0 saturated carbocycles. The zero-order valence-corrected chi connectivity index (χ0v) is 13.3. The summed E-state index contributed by atoms with van der Waals surface area (Å²) in [6.45, 7) is 10.1. The molecule has 0 radical (unpaired) electrons. The Kier molecular flexibility index (Phi) is 5.52. The van der Waals surface area contributed by atoms with Gasteiger partial charge in [0.1, 0.15) is 4.99 Å². The Morgan fingerprint density at radius 2 is 1.90 bits per heavy atom. The van der Waals surface area contributed by atoms with Crippen LogP contribution in [0, 0.1) is 0 Å². The molecular formula is C16H25N3S. The van der Waals surface area contributed by atoms with Gasteiger partial charge < -0.3 is 5.73 Å². The van der Waals surface area contributed by atoms with E-state index < -0.39 is 0 Å². The molecule has 0 spiro atoms. The van der Waals surface area contributed by atoms with Gasteiger partial charge in [-0.05, 0) is 18.9 Å². The minimum atomic E-state index is 0.499. The van der Waals surface area contributed by atoms with Gasteiger partial charge in [0.05, 0.1) is 0 Å². The van der Waals surface area contributed by atoms with E-state index in [-0.39, 0.29) is 0 Å². The Hall–Kier alpha value is -0.970. The predicted octanol–water partition coefficient (Wildman–Crippen LogP) is 2.24. The first-order valence-electron chi connectivity index (χ1n) is 7.46. The van der Waals surface area contributed by atoms with Crippen molar-refractivity contribution in [3.8, 4) is 0 Å². The van der Waals surface area contributed by atoms with Crippen molar-refractivity contribution in [1.29, 1.82) is 0 Å². The van der Waals surface area contributed by atoms with E-state index >= 15 is 0 Å². The molecule has 1 aliphatic heterocycles. The van der Waals surface area contributed by atoms with Crippen LogP contribution in [0.1, 0.15) is 31.4 Å². The molecule has 1 saturated heterocycles. The van der Waals surface area contributed by atoms with Gasteiger partial charge in [-0.2, -0.15) is 0 Å². The zero-order valence-electron chi connectivity index (χ0n) is 12.5. The Balaban J connectivity index is 1.95. The molecule has 2 N–H and O–H groups in total. The maximum absolute atomic E-state index is 5.80. The van der Waals surface area contributed by atoms with Gasteiger partial charge in [-0.25, -0.2) is 0 Å². The van der Waals surface area contributed by atoms with Gasteiger partial charge in [0.15, 0.2) is 0 Å². The van der Waals surface area contributed by atoms with Gasteiger partial charge >= 0.3 is 0 Å². The highest BCUT2D eigenvalue weighted by atomic mass is 32.1. The molecule has 1 fully saturated rings. The second-order valence-electron chi connectivity index (χ2n) is 5.59. The monoisotopic (exact) mass is 291 g/mol. The van der Waals surface area contributed by atoms with E-state index in [9.17, 15) is 0 Å². The molecule has 20 heavy (non-hydrogen) atoms. The predicted molar refractivity (Wildman–Crippen MR) is 88.9 cm³/mol. The number of nitrogens with two attached hydrogens (primary N) is 1. The van der Waals surface area contributed by atoms with Crippen molar-refractivity contribution >= 4 is 17.2 Å². The molecular weight excluding hydrogens is 266 g/mol. The summed E-state index contributed by atoms with van der Waals surface area (Å²) in [5, 5.41) is 0. The Labute approximate surface area is 127 Å². The third kappa shape index (κ3) is 3.78. The van der Waals surface area contributed by atoms with Gasteiger partial charge in [0.2, 0.25) is 0 Å². The average Bonchev–Trinajstić information content (AvgIpc) is 2.47. The number of rotatable bonds is 5. The van der Waals surface area contributed by atoms with Crippen LogP contribution in [0.5, 0.6) is 0 Å². The Morgan fingerprint density at radius 3 is 2.50 bits per heavy atom. The van der Waals surface area contributed by atoms with Crippen LogP contribution in [0.15, 0.2) is 24.3 Å². The van der Waals surface area contributed by atoms with E-state index in [0.29, 0.717) is 11.0 Å². The van der Waals surface area contributed by atoms with E-state index in [1.807, 2.05) is 12.1 Å². The van der Waals surface area contributed by atoms with Gasteiger partial charge in [-0.1, -0.05) is 43.4 Å². The van der Waals surface area contributed by atoms with Gasteiger partial charge in [-0.15, -0.1) is 0 Å². The van der Waals surface area contributed by atoms with Gasteiger partial charge in [-0.3, -0.25) is 9.80 Å². The summed E-state index contributed by atoms with van der Waals surface area (Å²) in [7, 11) is 0. The quantitative estimate of drug-likeness (QED) is 0.843. The lowest BCUT2D eigenvalue weighted by Crippen LogP contribution is -2.49. The van der Waals surface area contributed by atoms with Crippen molar-refractivity contribution in [3.63, 3.8) is 0 Å². The third-order valence-corrected chi connectivity index (χ3v) is 4.52. The van der Waals surface area contributed by atoms with Crippen molar-refractivity contribution in [2.45, 2.75) is 32.9 Å². The minimum absolute atomic E-state index is 0.499. The van der Waals surface area contributed by atoms with Gasteiger partial charge in [0, 0.05) is 44.3 Å². The molecule has 1 aromatic rings. The van der Waals surface area contributed by atoms with Crippen molar-refractivity contribution in [2.75, 3.05) is 26.2 Å². The molecule has 0 amide bonds. The molecule has 2 rings (SSSR count). The largest absolute Gasteiger partial charge is 0.389 e. The fraction of sp³-hybridized carbons (Fsp3) is 0.562. The summed E-state index contributed by atoms with van der Waals surface area (Å²) in [5.41, 5.74) is 8.07. The first kappa shape index (κ1) is 15.4. The molecule has 1 aliphatic rings. The molecule has 1 atom stereocenters. The first-order chi connectivity index (χ1) is 9.61. The van der Waals surface area contributed by atoms with Gasteiger partial charge in [0.25, 0.3) is 0 Å². The summed E-state index contributed by atoms with van der Waals surface area (Å²) in [5.74, 6) is 0. The topological polar surface area (TPSA) is 32.5 Å². The smallest absolute Gasteiger partial charge is 0.104 e. The number of hydrogen-bond donors (Lipinski definition) is 1. The summed E-state index contributed by atoms with van der Waals surface area (Å²) < 4.78 is 0. The fourth-order valence-electron chi connectivity index (χ4n) is 2.76. The lowest BCUT2D eigenvalue weighted by atomic mass is 10.1. The van der Waals surface area contributed by atoms with Crippen molar-refractivity contribution < 1.29 is 0 Å². The third-order valence-electron chi connectivity index (χ3n) is 4.30. The van der Waals surface area contributed by atoms with Crippen LogP contribution in [0.3, 0.4) is 0 Å². The molecule has 1 unspecified atom stereocenters. The lowest BCUT2D eigenvalue weighted by Gasteiger charge is -2.38. The molecule has 0 aliphatic carbocycles. The Morgan fingerprint density at radius 1 is 1.25 bits per heavy atom. The van der Waals surface area contributed by atoms with Crippen molar-refractivity contribution in [1.82, 2.24) is 9.80 Å². The SMILES string of the molecule is CCC(C)N1CCN(Cc2ccccc2C(N)=S)CC1. The summed E-state index contributed by atoms with van der Waals surface area (Å²) in [6.07, 6.45) is 1.23. The summed E-state index contributed by atoms with van der Waals surface area (Å²) >= 11 is 5.14. The van der Waals surface area contributed by atoms with Crippen LogP contribution < -0.4 is 5.73 Å². The number of thiocarbonyl (C=S) groups is 1. The maximum atomic E-state index is 5.80. The van der Waals surface area contributed by atoms with Crippen LogP contribution in [-0.4, -0.2) is 47.0 Å². The van der Waals surface area contributed by atoms with Crippen molar-refractivity contribution in [2.24, 2.45) is 5.73 Å². The first-order valence-corrected chi connectivity index (χ1v) is 7.86. The van der Waals surface area contributed by atoms with E-state index in [1.54, 1.807) is 0 Å². The molecule has 0 bridgehead atoms. The van der Waals surface area contributed by atoms with Crippen LogP contribution in [0.2, 0.25) is 0 Å². The lowest BCUT2D eigenvalue weighted by molar-refractivity contribution is 0.0963. The van der Waals surface area contributed by atoms with Crippen LogP contribution in [0.25, 0.3) is 0 Å². The molecule has 0 aromatic heterocycles. The normalized spacial score (nSPS) is 18.9. The van der Waals surface area contributed by atoms with E-state index in [4.69, 9.17) is 18.0 Å². The maximum Gasteiger partial charge on any atom is 0.104 e. The number of hydrogen-bond acceptors (Lipinski definition) is 3. The highest BCUT2D eigenvalue weighted by molar-refractivity contribution is 7.80. The molecule has 1 heterocycles.